The van der Waals surface area contributed by atoms with Gasteiger partial charge in [-0.05, 0) is 25.1 Å². The van der Waals surface area contributed by atoms with Gasteiger partial charge in [0.1, 0.15) is 17.4 Å². The molecule has 2 N–H and O–H groups in total. The number of aliphatic hydroxyl groups excluding tert-OH is 1. The van der Waals surface area contributed by atoms with Crippen LogP contribution in [0, 0.1) is 0 Å². The van der Waals surface area contributed by atoms with Gasteiger partial charge < -0.3 is 15.2 Å². The van der Waals surface area contributed by atoms with Gasteiger partial charge in [-0.25, -0.2) is 4.79 Å². The molecule has 1 aliphatic rings. The smallest absolute Gasteiger partial charge is 0.343 e. The van der Waals surface area contributed by atoms with E-state index in [0.717, 1.165) is 5.69 Å². The summed E-state index contributed by atoms with van der Waals surface area (Å²) in [5.41, 5.74) is 0.964. The van der Waals surface area contributed by atoms with Crippen LogP contribution < -0.4 is 5.32 Å². The fraction of sp³-hybridized carbons (Fsp3) is 0.154. The first kappa shape index (κ1) is 11.3. The normalized spacial score (nSPS) is 21.9. The van der Waals surface area contributed by atoms with Crippen molar-refractivity contribution in [3.8, 4) is 0 Å². The van der Waals surface area contributed by atoms with Crippen LogP contribution in [0.1, 0.15) is 6.92 Å². The summed E-state index contributed by atoms with van der Waals surface area (Å²) in [6.45, 7) is 1.69. The van der Waals surface area contributed by atoms with Crippen molar-refractivity contribution < 1.29 is 14.6 Å². The molecule has 0 aromatic heterocycles. The van der Waals surface area contributed by atoms with Gasteiger partial charge in [0.25, 0.3) is 0 Å². The lowest BCUT2D eigenvalue weighted by Gasteiger charge is -2.17. The Kier molecular flexibility index (Phi) is 3.14. The van der Waals surface area contributed by atoms with Crippen LogP contribution in [0.2, 0.25) is 0 Å². The van der Waals surface area contributed by atoms with Crippen molar-refractivity contribution in [2.45, 2.75) is 13.0 Å². The number of cyclic esters (lactones) is 1. The van der Waals surface area contributed by atoms with Crippen LogP contribution in [-0.4, -0.2) is 17.2 Å². The van der Waals surface area contributed by atoms with Gasteiger partial charge in [-0.3, -0.25) is 0 Å². The lowest BCUT2D eigenvalue weighted by Crippen LogP contribution is -2.22. The van der Waals surface area contributed by atoms with E-state index in [1.54, 1.807) is 6.92 Å². The number of carbonyl (C=O) groups excluding carboxylic acids is 1. The Morgan fingerprint density at radius 2 is 2.06 bits per heavy atom. The van der Waals surface area contributed by atoms with Crippen LogP contribution in [0.15, 0.2) is 53.9 Å². The van der Waals surface area contributed by atoms with Gasteiger partial charge in [-0.15, -0.1) is 0 Å². The maximum Gasteiger partial charge on any atom is 0.343 e. The van der Waals surface area contributed by atoms with Crippen LogP contribution in [0.3, 0.4) is 0 Å². The number of esters is 1. The van der Waals surface area contributed by atoms with Crippen molar-refractivity contribution in [1.82, 2.24) is 0 Å². The molecule has 4 heteroatoms. The first-order valence-electron chi connectivity index (χ1n) is 5.30. The lowest BCUT2D eigenvalue weighted by molar-refractivity contribution is -0.142. The van der Waals surface area contributed by atoms with E-state index in [9.17, 15) is 9.90 Å². The Morgan fingerprint density at radius 1 is 1.35 bits per heavy atom. The zero-order valence-electron chi connectivity index (χ0n) is 9.38. The quantitative estimate of drug-likeness (QED) is 0.606. The number of aliphatic hydroxyl groups is 1. The summed E-state index contributed by atoms with van der Waals surface area (Å²) in [7, 11) is 0. The van der Waals surface area contributed by atoms with Crippen molar-refractivity contribution in [3.63, 3.8) is 0 Å². The van der Waals surface area contributed by atoms with Gasteiger partial charge in [0.15, 0.2) is 0 Å². The van der Waals surface area contributed by atoms with E-state index in [1.807, 2.05) is 30.3 Å². The molecule has 1 aliphatic heterocycles. The Morgan fingerprint density at radius 3 is 2.71 bits per heavy atom. The van der Waals surface area contributed by atoms with E-state index >= 15 is 0 Å². The Labute approximate surface area is 99.2 Å². The molecule has 0 fully saturated rings. The molecule has 0 saturated carbocycles. The molecule has 1 aromatic rings. The molecule has 17 heavy (non-hydrogen) atoms. The molecule has 0 spiro atoms. The average molecular weight is 231 g/mol. The minimum atomic E-state index is -0.527. The third kappa shape index (κ3) is 2.66. The predicted octanol–water partition coefficient (Wildman–Crippen LogP) is 2.37. The van der Waals surface area contributed by atoms with E-state index in [-0.39, 0.29) is 11.3 Å². The number of anilines is 1. The Bertz CT molecular complexity index is 477. The first-order valence-corrected chi connectivity index (χ1v) is 5.30. The van der Waals surface area contributed by atoms with Crippen molar-refractivity contribution in [2.75, 3.05) is 5.32 Å². The molecule has 88 valence electrons. The molecule has 0 amide bonds. The number of nitrogens with one attached hydrogen (secondary N) is 1. The number of hydrogen-bond acceptors (Lipinski definition) is 4. The van der Waals surface area contributed by atoms with E-state index in [1.165, 1.54) is 12.3 Å². The molecule has 0 bridgehead atoms. The second kappa shape index (κ2) is 4.74. The Hall–Kier alpha value is -2.23. The highest BCUT2D eigenvalue weighted by Crippen LogP contribution is 2.18. The summed E-state index contributed by atoms with van der Waals surface area (Å²) in [5.74, 6) is -0.585. The van der Waals surface area contributed by atoms with E-state index in [2.05, 4.69) is 5.32 Å². The summed E-state index contributed by atoms with van der Waals surface area (Å²) in [4.78, 5) is 11.5. The average Bonchev–Trinajstić information content (AvgIpc) is 2.29. The number of hydrogen-bond donors (Lipinski definition) is 2. The number of carbonyl (C=O) groups is 1. The van der Waals surface area contributed by atoms with E-state index < -0.39 is 12.1 Å². The zero-order chi connectivity index (χ0) is 12.3. The number of rotatable bonds is 2. The number of benzene rings is 1. The third-order valence-corrected chi connectivity index (χ3v) is 2.34. The number of para-hydroxylation sites is 1. The summed E-state index contributed by atoms with van der Waals surface area (Å²) in [5, 5.41) is 12.6. The van der Waals surface area contributed by atoms with E-state index in [4.69, 9.17) is 4.74 Å². The van der Waals surface area contributed by atoms with Crippen molar-refractivity contribution >= 4 is 11.7 Å². The topological polar surface area (TPSA) is 58.6 Å². The fourth-order valence-electron chi connectivity index (χ4n) is 1.51. The number of ether oxygens (including phenoxy) is 1. The Balaban J connectivity index is 2.17. The van der Waals surface area contributed by atoms with Gasteiger partial charge in [0, 0.05) is 11.9 Å². The lowest BCUT2D eigenvalue weighted by atomic mass is 10.1. The largest absolute Gasteiger partial charge is 0.507 e. The van der Waals surface area contributed by atoms with Crippen molar-refractivity contribution in [2.24, 2.45) is 0 Å². The first-order chi connectivity index (χ1) is 8.16. The summed E-state index contributed by atoms with van der Waals surface area (Å²) < 4.78 is 4.97. The summed E-state index contributed by atoms with van der Waals surface area (Å²) in [6.07, 6.45) is 2.53. The van der Waals surface area contributed by atoms with Gasteiger partial charge in [-0.2, -0.15) is 0 Å². The van der Waals surface area contributed by atoms with Crippen LogP contribution in [0.4, 0.5) is 5.69 Å². The maximum atomic E-state index is 11.5. The molecule has 4 nitrogen and oxygen atoms in total. The molecule has 1 unspecified atom stereocenters. The minimum absolute atomic E-state index is 0.0582. The molecule has 2 rings (SSSR count). The van der Waals surface area contributed by atoms with Gasteiger partial charge in [0.2, 0.25) is 0 Å². The third-order valence-electron chi connectivity index (χ3n) is 2.34. The van der Waals surface area contributed by atoms with Crippen LogP contribution in [0.25, 0.3) is 0 Å². The minimum Gasteiger partial charge on any atom is -0.507 e. The molecule has 1 heterocycles. The predicted molar refractivity (Wildman–Crippen MR) is 64.4 cm³/mol. The molecular weight excluding hydrogens is 218 g/mol. The zero-order valence-corrected chi connectivity index (χ0v) is 9.38. The van der Waals surface area contributed by atoms with E-state index in [0.29, 0.717) is 0 Å². The molecule has 0 aliphatic carbocycles. The highest BCUT2D eigenvalue weighted by Gasteiger charge is 2.23. The monoisotopic (exact) mass is 231 g/mol. The standard InChI is InChI=1S/C13H13NO3/c1-9-7-12(15)11(13(16)17-9)8-14-10-5-3-2-4-6-10/h2-9,14-15H,1H3. The second-order valence-electron chi connectivity index (χ2n) is 3.73. The van der Waals surface area contributed by atoms with Crippen molar-refractivity contribution in [3.05, 3.63) is 53.9 Å². The van der Waals surface area contributed by atoms with Gasteiger partial charge in [-0.1, -0.05) is 18.2 Å². The van der Waals surface area contributed by atoms with Gasteiger partial charge in [0.05, 0.1) is 0 Å². The molecule has 0 radical (unpaired) electrons. The molecule has 1 aromatic carbocycles. The molecule has 0 saturated heterocycles. The fourth-order valence-corrected chi connectivity index (χ4v) is 1.51. The molecule has 1 atom stereocenters. The summed E-state index contributed by atoms with van der Waals surface area (Å²) >= 11 is 0. The van der Waals surface area contributed by atoms with Crippen molar-refractivity contribution in [1.29, 1.82) is 0 Å². The second-order valence-corrected chi connectivity index (χ2v) is 3.73. The maximum absolute atomic E-state index is 11.5. The summed E-state index contributed by atoms with van der Waals surface area (Å²) in [6, 6.07) is 9.35. The van der Waals surface area contributed by atoms with Crippen LogP contribution in [0.5, 0.6) is 0 Å². The van der Waals surface area contributed by atoms with Crippen LogP contribution in [-0.2, 0) is 9.53 Å². The highest BCUT2D eigenvalue weighted by molar-refractivity contribution is 5.94. The highest BCUT2D eigenvalue weighted by atomic mass is 16.5. The molecular formula is C13H13NO3. The SMILES string of the molecule is CC1C=C(O)C(=CNc2ccccc2)C(=O)O1. The van der Waals surface area contributed by atoms with Crippen LogP contribution >= 0.6 is 0 Å². The van der Waals surface area contributed by atoms with Gasteiger partial charge >= 0.3 is 5.97 Å².